The molecule has 0 spiro atoms. The van der Waals surface area contributed by atoms with E-state index in [0.29, 0.717) is 0 Å². The molecular weight excluding hydrogens is 295 g/mol. The standard InChI is InChI=1S/C17H27N2O2P/c1-14(20)19-11-9-18(10-12-19)13-16(21)4-2-3-15-5-7-17(22)8-6-15/h5-8,16,21H,2-4,9-13,22H2,1H3. The second-order valence-electron chi connectivity index (χ2n) is 6.09. The van der Waals surface area contributed by atoms with Crippen molar-refractivity contribution in [2.24, 2.45) is 0 Å². The van der Waals surface area contributed by atoms with Crippen molar-refractivity contribution in [1.82, 2.24) is 9.80 Å². The van der Waals surface area contributed by atoms with Gasteiger partial charge in [0.2, 0.25) is 5.91 Å². The minimum Gasteiger partial charge on any atom is -0.392 e. The van der Waals surface area contributed by atoms with E-state index in [1.807, 2.05) is 4.90 Å². The number of nitrogens with zero attached hydrogens (tertiary/aromatic N) is 2. The average molecular weight is 322 g/mol. The zero-order valence-corrected chi connectivity index (χ0v) is 14.5. The van der Waals surface area contributed by atoms with Crippen molar-refractivity contribution in [3.05, 3.63) is 29.8 Å². The number of aryl methyl sites for hydroxylation is 1. The summed E-state index contributed by atoms with van der Waals surface area (Å²) in [6.07, 6.45) is 2.57. The SMILES string of the molecule is CC(=O)N1CCN(CC(O)CCCc2ccc(P)cc2)CC1. The van der Waals surface area contributed by atoms with Crippen LogP contribution in [-0.4, -0.2) is 59.6 Å². The number of aliphatic hydroxyl groups excluding tert-OH is 1. The molecule has 1 aliphatic rings. The summed E-state index contributed by atoms with van der Waals surface area (Å²) in [4.78, 5) is 15.4. The Morgan fingerprint density at radius 2 is 1.86 bits per heavy atom. The van der Waals surface area contributed by atoms with Crippen molar-refractivity contribution >= 4 is 20.5 Å². The summed E-state index contributed by atoms with van der Waals surface area (Å²) in [7, 11) is 2.69. The average Bonchev–Trinajstić information content (AvgIpc) is 2.50. The summed E-state index contributed by atoms with van der Waals surface area (Å²) < 4.78 is 0. The van der Waals surface area contributed by atoms with Crippen molar-refractivity contribution in [3.8, 4) is 0 Å². The van der Waals surface area contributed by atoms with Crippen molar-refractivity contribution in [2.75, 3.05) is 32.7 Å². The lowest BCUT2D eigenvalue weighted by Crippen LogP contribution is -2.49. The summed E-state index contributed by atoms with van der Waals surface area (Å²) in [5, 5.41) is 11.4. The molecule has 1 aromatic carbocycles. The third-order valence-electron chi connectivity index (χ3n) is 4.27. The summed E-state index contributed by atoms with van der Waals surface area (Å²) in [6, 6.07) is 8.50. The summed E-state index contributed by atoms with van der Waals surface area (Å²) >= 11 is 0. The molecule has 1 aromatic rings. The molecule has 1 fully saturated rings. The first-order valence-corrected chi connectivity index (χ1v) is 8.62. The second-order valence-corrected chi connectivity index (χ2v) is 6.76. The van der Waals surface area contributed by atoms with Crippen LogP contribution in [0.15, 0.2) is 24.3 Å². The highest BCUT2D eigenvalue weighted by atomic mass is 31.0. The van der Waals surface area contributed by atoms with Crippen LogP contribution in [0.4, 0.5) is 0 Å². The molecule has 2 atom stereocenters. The van der Waals surface area contributed by atoms with Gasteiger partial charge >= 0.3 is 0 Å². The number of hydrogen-bond acceptors (Lipinski definition) is 3. The molecule has 5 heteroatoms. The molecule has 4 nitrogen and oxygen atoms in total. The Hall–Kier alpha value is -0.960. The number of β-amino-alcohol motifs (C(OH)–C–C–N with tert-alkyl or cyclic N) is 1. The first-order chi connectivity index (χ1) is 10.5. The number of amides is 1. The Bertz CT molecular complexity index is 470. The number of carbonyl (C=O) groups excluding carboxylic acids is 1. The lowest BCUT2D eigenvalue weighted by atomic mass is 10.1. The van der Waals surface area contributed by atoms with Gasteiger partial charge in [0, 0.05) is 39.6 Å². The van der Waals surface area contributed by atoms with Crippen LogP contribution in [0, 0.1) is 0 Å². The van der Waals surface area contributed by atoms with E-state index in [9.17, 15) is 9.90 Å². The molecule has 0 aliphatic carbocycles. The van der Waals surface area contributed by atoms with Crippen LogP contribution in [0.2, 0.25) is 0 Å². The van der Waals surface area contributed by atoms with Gasteiger partial charge in [-0.05, 0) is 30.1 Å². The van der Waals surface area contributed by atoms with Crippen LogP contribution in [0.25, 0.3) is 0 Å². The van der Waals surface area contributed by atoms with Crippen molar-refractivity contribution in [2.45, 2.75) is 32.3 Å². The highest BCUT2D eigenvalue weighted by molar-refractivity contribution is 7.27. The fraction of sp³-hybridized carbons (Fsp3) is 0.588. The number of benzene rings is 1. The van der Waals surface area contributed by atoms with E-state index in [4.69, 9.17) is 0 Å². The molecule has 0 radical (unpaired) electrons. The van der Waals surface area contributed by atoms with E-state index in [0.717, 1.165) is 52.0 Å². The first-order valence-electron chi connectivity index (χ1n) is 8.05. The maximum absolute atomic E-state index is 11.3. The predicted octanol–water partition coefficient (Wildman–Crippen LogP) is 1.03. The maximum Gasteiger partial charge on any atom is 0.219 e. The summed E-state index contributed by atoms with van der Waals surface area (Å²) in [5.74, 6) is 0.150. The zero-order valence-electron chi connectivity index (χ0n) is 13.4. The van der Waals surface area contributed by atoms with E-state index >= 15 is 0 Å². The van der Waals surface area contributed by atoms with Gasteiger partial charge in [-0.25, -0.2) is 0 Å². The number of rotatable bonds is 6. The van der Waals surface area contributed by atoms with E-state index in [1.54, 1.807) is 6.92 Å². The van der Waals surface area contributed by atoms with Gasteiger partial charge < -0.3 is 10.0 Å². The van der Waals surface area contributed by atoms with E-state index in [1.165, 1.54) is 10.9 Å². The van der Waals surface area contributed by atoms with Crippen molar-refractivity contribution in [1.29, 1.82) is 0 Å². The lowest BCUT2D eigenvalue weighted by Gasteiger charge is -2.35. The van der Waals surface area contributed by atoms with Crippen molar-refractivity contribution < 1.29 is 9.90 Å². The predicted molar refractivity (Wildman–Crippen MR) is 93.4 cm³/mol. The second kappa shape index (κ2) is 8.61. The third kappa shape index (κ3) is 5.68. The Morgan fingerprint density at radius 3 is 2.45 bits per heavy atom. The van der Waals surface area contributed by atoms with Crippen molar-refractivity contribution in [3.63, 3.8) is 0 Å². The summed E-state index contributed by atoms with van der Waals surface area (Å²) in [6.45, 7) is 5.63. The Labute approximate surface area is 135 Å². The molecule has 0 bridgehead atoms. The highest BCUT2D eigenvalue weighted by Crippen LogP contribution is 2.09. The van der Waals surface area contributed by atoms with Gasteiger partial charge in [-0.2, -0.15) is 0 Å². The monoisotopic (exact) mass is 322 g/mol. The molecule has 122 valence electrons. The quantitative estimate of drug-likeness (QED) is 0.796. The molecule has 1 saturated heterocycles. The van der Waals surface area contributed by atoms with Gasteiger partial charge in [-0.15, -0.1) is 9.24 Å². The first kappa shape index (κ1) is 17.4. The van der Waals surface area contributed by atoms with E-state index in [2.05, 4.69) is 38.4 Å². The highest BCUT2D eigenvalue weighted by Gasteiger charge is 2.20. The molecule has 1 heterocycles. The van der Waals surface area contributed by atoms with Gasteiger partial charge in [0.1, 0.15) is 0 Å². The minimum absolute atomic E-state index is 0.150. The number of aliphatic hydroxyl groups is 1. The molecule has 1 amide bonds. The van der Waals surface area contributed by atoms with Gasteiger partial charge in [0.05, 0.1) is 6.10 Å². The maximum atomic E-state index is 11.3. The molecule has 1 aliphatic heterocycles. The fourth-order valence-corrected chi connectivity index (χ4v) is 3.05. The molecular formula is C17H27N2O2P. The van der Waals surface area contributed by atoms with Gasteiger partial charge in [-0.3, -0.25) is 9.69 Å². The van der Waals surface area contributed by atoms with Crippen LogP contribution >= 0.6 is 9.24 Å². The van der Waals surface area contributed by atoms with Gasteiger partial charge in [0.25, 0.3) is 0 Å². The molecule has 2 rings (SSSR count). The molecule has 0 aromatic heterocycles. The van der Waals surface area contributed by atoms with Crippen LogP contribution in [0.3, 0.4) is 0 Å². The van der Waals surface area contributed by atoms with Gasteiger partial charge in [0.15, 0.2) is 0 Å². The Morgan fingerprint density at radius 1 is 1.23 bits per heavy atom. The van der Waals surface area contributed by atoms with Crippen LogP contribution in [0.1, 0.15) is 25.3 Å². The van der Waals surface area contributed by atoms with Gasteiger partial charge in [-0.1, -0.05) is 24.3 Å². The van der Waals surface area contributed by atoms with E-state index in [-0.39, 0.29) is 12.0 Å². The lowest BCUT2D eigenvalue weighted by molar-refractivity contribution is -0.130. The van der Waals surface area contributed by atoms with Crippen LogP contribution < -0.4 is 5.30 Å². The van der Waals surface area contributed by atoms with Crippen LogP contribution in [-0.2, 0) is 11.2 Å². The Balaban J connectivity index is 1.63. The molecule has 0 saturated carbocycles. The smallest absolute Gasteiger partial charge is 0.219 e. The zero-order chi connectivity index (χ0) is 15.9. The minimum atomic E-state index is -0.273. The largest absolute Gasteiger partial charge is 0.392 e. The topological polar surface area (TPSA) is 43.8 Å². The fourth-order valence-electron chi connectivity index (χ4n) is 2.86. The number of hydrogen-bond donors (Lipinski definition) is 1. The number of carbonyl (C=O) groups is 1. The Kier molecular flexibility index (Phi) is 6.81. The van der Waals surface area contributed by atoms with E-state index < -0.39 is 0 Å². The molecule has 1 N–H and O–H groups in total. The summed E-state index contributed by atoms with van der Waals surface area (Å²) in [5.41, 5.74) is 1.33. The number of piperazine rings is 1. The van der Waals surface area contributed by atoms with Crippen LogP contribution in [0.5, 0.6) is 0 Å². The third-order valence-corrected chi connectivity index (χ3v) is 4.65. The molecule has 2 unspecified atom stereocenters. The normalized spacial score (nSPS) is 17.5. The molecule has 22 heavy (non-hydrogen) atoms.